The number of esters is 1. The minimum absolute atomic E-state index is 0.0412. The first-order valence-corrected chi connectivity index (χ1v) is 5.93. The second kappa shape index (κ2) is 5.91. The van der Waals surface area contributed by atoms with Gasteiger partial charge < -0.3 is 20.9 Å². The lowest BCUT2D eigenvalue weighted by atomic mass is 10.2. The molecule has 0 aliphatic rings. The standard InChI is InChI=1S/C14H13N3O4/c1-20-14(19)10-5-6-17-13(11(10)15)21-9-4-2-3-8(7-9)12(16)18/h2-7H,15H2,1H3,(H2,16,18). The van der Waals surface area contributed by atoms with Gasteiger partial charge in [0.05, 0.1) is 12.7 Å². The van der Waals surface area contributed by atoms with Crippen LogP contribution in [-0.4, -0.2) is 24.0 Å². The number of amides is 1. The van der Waals surface area contributed by atoms with Gasteiger partial charge >= 0.3 is 5.97 Å². The summed E-state index contributed by atoms with van der Waals surface area (Å²) in [5, 5.41) is 0. The molecular formula is C14H13N3O4. The number of nitrogens with zero attached hydrogens (tertiary/aromatic N) is 1. The quantitative estimate of drug-likeness (QED) is 0.819. The molecule has 7 nitrogen and oxygen atoms in total. The first-order chi connectivity index (χ1) is 10.0. The summed E-state index contributed by atoms with van der Waals surface area (Å²) in [7, 11) is 1.25. The van der Waals surface area contributed by atoms with Crippen LogP contribution < -0.4 is 16.2 Å². The highest BCUT2D eigenvalue weighted by Gasteiger charge is 2.15. The van der Waals surface area contributed by atoms with Gasteiger partial charge in [0.25, 0.3) is 0 Å². The summed E-state index contributed by atoms with van der Waals surface area (Å²) in [5.74, 6) is -0.803. The first kappa shape index (κ1) is 14.3. The molecule has 7 heteroatoms. The summed E-state index contributed by atoms with van der Waals surface area (Å²) in [6, 6.07) is 7.65. The average molecular weight is 287 g/mol. The Morgan fingerprint density at radius 2 is 2.00 bits per heavy atom. The van der Waals surface area contributed by atoms with Crippen molar-refractivity contribution in [3.8, 4) is 11.6 Å². The lowest BCUT2D eigenvalue weighted by Crippen LogP contribution is -2.11. The topological polar surface area (TPSA) is 118 Å². The zero-order valence-corrected chi connectivity index (χ0v) is 11.2. The highest BCUT2D eigenvalue weighted by Crippen LogP contribution is 2.28. The molecule has 0 unspecified atom stereocenters. The third-order valence-corrected chi connectivity index (χ3v) is 2.69. The van der Waals surface area contributed by atoms with Gasteiger partial charge in [0.1, 0.15) is 11.4 Å². The normalized spacial score (nSPS) is 9.95. The Kier molecular flexibility index (Phi) is 4.03. The van der Waals surface area contributed by atoms with Crippen LogP contribution in [0.25, 0.3) is 0 Å². The number of primary amides is 1. The fraction of sp³-hybridized carbons (Fsp3) is 0.0714. The molecule has 108 valence electrons. The van der Waals surface area contributed by atoms with E-state index in [2.05, 4.69) is 9.72 Å². The van der Waals surface area contributed by atoms with E-state index in [1.807, 2.05) is 0 Å². The van der Waals surface area contributed by atoms with Crippen molar-refractivity contribution in [3.05, 3.63) is 47.7 Å². The zero-order chi connectivity index (χ0) is 15.4. The van der Waals surface area contributed by atoms with Gasteiger partial charge in [-0.2, -0.15) is 0 Å². The molecule has 0 fully saturated rings. The van der Waals surface area contributed by atoms with Gasteiger partial charge in [0, 0.05) is 11.8 Å². The number of aromatic nitrogens is 1. The molecule has 0 spiro atoms. The maximum absolute atomic E-state index is 11.5. The van der Waals surface area contributed by atoms with Crippen molar-refractivity contribution in [1.82, 2.24) is 4.98 Å². The van der Waals surface area contributed by atoms with Crippen LogP contribution in [0.4, 0.5) is 5.69 Å². The molecular weight excluding hydrogens is 274 g/mol. The predicted molar refractivity (Wildman–Crippen MR) is 75.0 cm³/mol. The number of carbonyl (C=O) groups excluding carboxylic acids is 2. The number of nitrogen functional groups attached to an aromatic ring is 1. The summed E-state index contributed by atoms with van der Waals surface area (Å²) in [4.78, 5) is 26.6. The molecule has 4 N–H and O–H groups in total. The maximum Gasteiger partial charge on any atom is 0.340 e. The summed E-state index contributed by atoms with van der Waals surface area (Å²) in [6.45, 7) is 0. The van der Waals surface area contributed by atoms with E-state index in [0.717, 1.165) is 0 Å². The minimum atomic E-state index is -0.592. The molecule has 1 amide bonds. The van der Waals surface area contributed by atoms with E-state index in [-0.39, 0.29) is 22.7 Å². The van der Waals surface area contributed by atoms with Crippen molar-refractivity contribution in [2.24, 2.45) is 5.73 Å². The van der Waals surface area contributed by atoms with Crippen molar-refractivity contribution >= 4 is 17.6 Å². The molecule has 2 rings (SSSR count). The van der Waals surface area contributed by atoms with Crippen LogP contribution in [-0.2, 0) is 4.74 Å². The highest BCUT2D eigenvalue weighted by atomic mass is 16.5. The summed E-state index contributed by atoms with van der Waals surface area (Å²) >= 11 is 0. The number of nitrogens with two attached hydrogens (primary N) is 2. The van der Waals surface area contributed by atoms with E-state index in [4.69, 9.17) is 16.2 Å². The number of hydrogen-bond donors (Lipinski definition) is 2. The number of ether oxygens (including phenoxy) is 2. The fourth-order valence-corrected chi connectivity index (χ4v) is 1.65. The van der Waals surface area contributed by atoms with E-state index < -0.39 is 11.9 Å². The highest BCUT2D eigenvalue weighted by molar-refractivity contribution is 5.96. The molecule has 1 aromatic carbocycles. The Balaban J connectivity index is 2.34. The van der Waals surface area contributed by atoms with Crippen molar-refractivity contribution in [1.29, 1.82) is 0 Å². The van der Waals surface area contributed by atoms with Crippen LogP contribution in [0.3, 0.4) is 0 Å². The Bertz CT molecular complexity index is 700. The zero-order valence-electron chi connectivity index (χ0n) is 11.2. The second-order valence-electron chi connectivity index (χ2n) is 4.06. The van der Waals surface area contributed by atoms with Crippen LogP contribution in [0.15, 0.2) is 36.5 Å². The van der Waals surface area contributed by atoms with Crippen molar-refractivity contribution in [3.63, 3.8) is 0 Å². The van der Waals surface area contributed by atoms with Crippen LogP contribution in [0.5, 0.6) is 11.6 Å². The molecule has 0 saturated carbocycles. The van der Waals surface area contributed by atoms with E-state index in [0.29, 0.717) is 5.75 Å². The van der Waals surface area contributed by atoms with Crippen molar-refractivity contribution in [2.45, 2.75) is 0 Å². The predicted octanol–water partition coefficient (Wildman–Crippen LogP) is 1.34. The van der Waals surface area contributed by atoms with Crippen LogP contribution in [0.1, 0.15) is 20.7 Å². The van der Waals surface area contributed by atoms with Gasteiger partial charge in [-0.15, -0.1) is 0 Å². The minimum Gasteiger partial charge on any atom is -0.465 e. The monoisotopic (exact) mass is 287 g/mol. The smallest absolute Gasteiger partial charge is 0.340 e. The van der Waals surface area contributed by atoms with Gasteiger partial charge in [-0.25, -0.2) is 9.78 Å². The van der Waals surface area contributed by atoms with Gasteiger partial charge in [-0.3, -0.25) is 4.79 Å². The first-order valence-electron chi connectivity index (χ1n) is 5.93. The molecule has 1 heterocycles. The molecule has 1 aromatic heterocycles. The largest absolute Gasteiger partial charge is 0.465 e. The van der Waals surface area contributed by atoms with Crippen molar-refractivity contribution in [2.75, 3.05) is 12.8 Å². The van der Waals surface area contributed by atoms with E-state index in [9.17, 15) is 9.59 Å². The maximum atomic E-state index is 11.5. The third-order valence-electron chi connectivity index (χ3n) is 2.69. The molecule has 0 atom stereocenters. The van der Waals surface area contributed by atoms with Crippen LogP contribution in [0, 0.1) is 0 Å². The summed E-state index contributed by atoms with van der Waals surface area (Å²) < 4.78 is 10.1. The Morgan fingerprint density at radius 3 is 2.67 bits per heavy atom. The van der Waals surface area contributed by atoms with Crippen molar-refractivity contribution < 1.29 is 19.1 Å². The molecule has 0 saturated heterocycles. The number of carbonyl (C=O) groups is 2. The summed E-state index contributed by atoms with van der Waals surface area (Å²) in [5.41, 5.74) is 11.5. The van der Waals surface area contributed by atoms with E-state index >= 15 is 0 Å². The second-order valence-corrected chi connectivity index (χ2v) is 4.06. The number of hydrogen-bond acceptors (Lipinski definition) is 6. The van der Waals surface area contributed by atoms with Gasteiger partial charge in [-0.1, -0.05) is 6.07 Å². The molecule has 2 aromatic rings. The number of pyridine rings is 1. The van der Waals surface area contributed by atoms with Gasteiger partial charge in [0.2, 0.25) is 11.8 Å². The van der Waals surface area contributed by atoms with E-state index in [1.54, 1.807) is 18.2 Å². The molecule has 0 aliphatic carbocycles. The number of anilines is 1. The average Bonchev–Trinajstić information content (AvgIpc) is 2.49. The Morgan fingerprint density at radius 1 is 1.24 bits per heavy atom. The number of methoxy groups -OCH3 is 1. The van der Waals surface area contributed by atoms with Crippen LogP contribution >= 0.6 is 0 Å². The Hall–Kier alpha value is -3.09. The van der Waals surface area contributed by atoms with Crippen LogP contribution in [0.2, 0.25) is 0 Å². The molecule has 0 bridgehead atoms. The SMILES string of the molecule is COC(=O)c1ccnc(Oc2cccc(C(N)=O)c2)c1N. The lowest BCUT2D eigenvalue weighted by molar-refractivity contribution is 0.0601. The fourth-order valence-electron chi connectivity index (χ4n) is 1.65. The Labute approximate surface area is 120 Å². The number of rotatable bonds is 4. The molecule has 21 heavy (non-hydrogen) atoms. The van der Waals surface area contributed by atoms with Gasteiger partial charge in [0.15, 0.2) is 0 Å². The summed E-state index contributed by atoms with van der Waals surface area (Å²) in [6.07, 6.45) is 1.37. The lowest BCUT2D eigenvalue weighted by Gasteiger charge is -2.10. The molecule has 0 aliphatic heterocycles. The third kappa shape index (κ3) is 3.08. The van der Waals surface area contributed by atoms with Gasteiger partial charge in [-0.05, 0) is 24.3 Å². The molecule has 0 radical (unpaired) electrons. The number of benzene rings is 1. The van der Waals surface area contributed by atoms with E-state index in [1.165, 1.54) is 25.4 Å².